The van der Waals surface area contributed by atoms with Crippen molar-refractivity contribution in [2.75, 3.05) is 12.9 Å². The highest BCUT2D eigenvalue weighted by molar-refractivity contribution is 8.00. The second-order valence-electron chi connectivity index (χ2n) is 6.46. The number of aromatic nitrogens is 2. The van der Waals surface area contributed by atoms with Crippen molar-refractivity contribution in [3.63, 3.8) is 0 Å². The summed E-state index contributed by atoms with van der Waals surface area (Å²) in [5.74, 6) is 0.204. The first kappa shape index (κ1) is 20.0. The topological polar surface area (TPSA) is 52.1 Å². The van der Waals surface area contributed by atoms with Crippen molar-refractivity contribution in [3.8, 4) is 17.1 Å². The molecule has 30 heavy (non-hydrogen) atoms. The van der Waals surface area contributed by atoms with E-state index in [1.54, 1.807) is 42.5 Å². The third kappa shape index (κ3) is 4.31. The largest absolute Gasteiger partial charge is 0.497 e. The first-order valence-corrected chi connectivity index (χ1v) is 10.1. The molecule has 1 aromatic heterocycles. The zero-order chi connectivity index (χ0) is 21.1. The highest BCUT2D eigenvalue weighted by Gasteiger charge is 2.14. The second kappa shape index (κ2) is 8.59. The number of halogens is 2. The Morgan fingerprint density at radius 3 is 2.50 bits per heavy atom. The third-order valence-corrected chi connectivity index (χ3v) is 5.45. The minimum atomic E-state index is -0.415. The maximum absolute atomic E-state index is 13.8. The lowest BCUT2D eigenvalue weighted by molar-refractivity contribution is 0.102. The second-order valence-corrected chi connectivity index (χ2v) is 7.43. The van der Waals surface area contributed by atoms with E-state index in [4.69, 9.17) is 4.74 Å². The van der Waals surface area contributed by atoms with Gasteiger partial charge >= 0.3 is 0 Å². The minimum Gasteiger partial charge on any atom is -0.497 e. The number of methoxy groups -OCH3 is 1. The lowest BCUT2D eigenvalue weighted by Crippen LogP contribution is -2.04. The third-order valence-electron chi connectivity index (χ3n) is 4.46. The van der Waals surface area contributed by atoms with Gasteiger partial charge in [-0.1, -0.05) is 23.9 Å². The van der Waals surface area contributed by atoms with Crippen LogP contribution in [0.5, 0.6) is 5.75 Å². The van der Waals surface area contributed by atoms with Crippen molar-refractivity contribution in [1.82, 2.24) is 9.97 Å². The molecule has 0 unspecified atom stereocenters. The van der Waals surface area contributed by atoms with Crippen molar-refractivity contribution in [2.45, 2.75) is 5.03 Å². The smallest absolute Gasteiger partial charge is 0.173 e. The van der Waals surface area contributed by atoms with Gasteiger partial charge in [0.05, 0.1) is 18.4 Å². The van der Waals surface area contributed by atoms with Gasteiger partial charge in [-0.05, 0) is 54.6 Å². The first-order valence-electron chi connectivity index (χ1n) is 9.07. The Labute approximate surface area is 175 Å². The summed E-state index contributed by atoms with van der Waals surface area (Å²) in [5.41, 5.74) is 1.69. The Balaban J connectivity index is 1.68. The van der Waals surface area contributed by atoms with E-state index in [1.165, 1.54) is 43.1 Å². The van der Waals surface area contributed by atoms with Gasteiger partial charge in [0.2, 0.25) is 0 Å². The molecule has 3 aromatic carbocycles. The zero-order valence-corrected chi connectivity index (χ0v) is 16.7. The number of Topliss-reactive ketones (excluding diaryl/α,β-unsaturated/α-hetero) is 1. The number of thioether (sulfide) groups is 1. The van der Waals surface area contributed by atoms with E-state index in [-0.39, 0.29) is 17.4 Å². The molecule has 0 spiro atoms. The number of benzene rings is 3. The number of fused-ring (bicyclic) bond motifs is 1. The Bertz CT molecular complexity index is 1230. The molecule has 0 aliphatic rings. The molecule has 0 N–H and O–H groups in total. The molecule has 4 nitrogen and oxygen atoms in total. The standard InChI is InChI=1S/C23H16F2N2O2S/c1-29-18-4-2-3-15(11-18)21(28)13-30-23-19-12-17(25)9-10-20(19)26-22(27-23)14-5-7-16(24)8-6-14/h2-12H,13H2,1H3. The van der Waals surface area contributed by atoms with Crippen molar-refractivity contribution in [3.05, 3.63) is 83.9 Å². The molecular weight excluding hydrogens is 406 g/mol. The number of carbonyl (C=O) groups is 1. The van der Waals surface area contributed by atoms with E-state index in [1.807, 2.05) is 0 Å². The summed E-state index contributed by atoms with van der Waals surface area (Å²) < 4.78 is 32.3. The molecule has 0 saturated carbocycles. The lowest BCUT2D eigenvalue weighted by atomic mass is 10.1. The van der Waals surface area contributed by atoms with E-state index >= 15 is 0 Å². The van der Waals surface area contributed by atoms with Gasteiger partial charge in [-0.2, -0.15) is 0 Å². The minimum absolute atomic E-state index is 0.106. The maximum Gasteiger partial charge on any atom is 0.173 e. The van der Waals surface area contributed by atoms with E-state index < -0.39 is 5.82 Å². The number of nitrogens with zero attached hydrogens (tertiary/aromatic N) is 2. The molecule has 4 rings (SSSR count). The van der Waals surface area contributed by atoms with Crippen LogP contribution in [0.25, 0.3) is 22.3 Å². The fraction of sp³-hybridized carbons (Fsp3) is 0.0870. The summed E-state index contributed by atoms with van der Waals surface area (Å²) in [5, 5.41) is 0.999. The molecule has 0 aliphatic carbocycles. The van der Waals surface area contributed by atoms with E-state index in [0.717, 1.165) is 0 Å². The molecular formula is C23H16F2N2O2S. The van der Waals surface area contributed by atoms with Crippen LogP contribution < -0.4 is 4.74 Å². The van der Waals surface area contributed by atoms with Gasteiger partial charge in [-0.3, -0.25) is 4.79 Å². The van der Waals surface area contributed by atoms with Crippen LogP contribution in [0.2, 0.25) is 0 Å². The van der Waals surface area contributed by atoms with Crippen LogP contribution in [-0.4, -0.2) is 28.6 Å². The lowest BCUT2D eigenvalue weighted by Gasteiger charge is -2.09. The molecule has 0 aliphatic heterocycles. The van der Waals surface area contributed by atoms with Crippen molar-refractivity contribution < 1.29 is 18.3 Å². The van der Waals surface area contributed by atoms with Crippen LogP contribution in [0.4, 0.5) is 8.78 Å². The fourth-order valence-electron chi connectivity index (χ4n) is 2.92. The summed E-state index contributed by atoms with van der Waals surface area (Å²) in [7, 11) is 1.54. The highest BCUT2D eigenvalue weighted by Crippen LogP contribution is 2.30. The SMILES string of the molecule is COc1cccc(C(=O)CSc2nc(-c3ccc(F)cc3)nc3ccc(F)cc23)c1. The van der Waals surface area contributed by atoms with Crippen LogP contribution in [-0.2, 0) is 0 Å². The Morgan fingerprint density at radius 2 is 1.73 bits per heavy atom. The molecule has 1 heterocycles. The Morgan fingerprint density at radius 1 is 0.967 bits per heavy atom. The monoisotopic (exact) mass is 422 g/mol. The van der Waals surface area contributed by atoms with Gasteiger partial charge in [-0.25, -0.2) is 18.7 Å². The van der Waals surface area contributed by atoms with Gasteiger partial charge in [-0.15, -0.1) is 0 Å². The van der Waals surface area contributed by atoms with Gasteiger partial charge in [0.25, 0.3) is 0 Å². The van der Waals surface area contributed by atoms with Crippen LogP contribution in [0.15, 0.2) is 71.8 Å². The van der Waals surface area contributed by atoms with Crippen LogP contribution in [0.3, 0.4) is 0 Å². The highest BCUT2D eigenvalue weighted by atomic mass is 32.2. The molecule has 4 aromatic rings. The zero-order valence-electron chi connectivity index (χ0n) is 15.9. The predicted molar refractivity (Wildman–Crippen MR) is 113 cm³/mol. The van der Waals surface area contributed by atoms with E-state index in [0.29, 0.717) is 38.6 Å². The number of ether oxygens (including phenoxy) is 1. The molecule has 0 fully saturated rings. The normalized spacial score (nSPS) is 10.9. The van der Waals surface area contributed by atoms with Crippen molar-refractivity contribution >= 4 is 28.4 Å². The van der Waals surface area contributed by atoms with Crippen LogP contribution in [0, 0.1) is 11.6 Å². The molecule has 0 saturated heterocycles. The van der Waals surface area contributed by atoms with Gasteiger partial charge < -0.3 is 4.74 Å². The Kier molecular flexibility index (Phi) is 5.72. The quantitative estimate of drug-likeness (QED) is 0.231. The number of carbonyl (C=O) groups excluding carboxylic acids is 1. The number of ketones is 1. The number of hydrogen-bond donors (Lipinski definition) is 0. The van der Waals surface area contributed by atoms with Crippen LogP contribution in [0.1, 0.15) is 10.4 Å². The molecule has 0 atom stereocenters. The number of rotatable bonds is 6. The van der Waals surface area contributed by atoms with Crippen molar-refractivity contribution in [2.24, 2.45) is 0 Å². The fourth-order valence-corrected chi connectivity index (χ4v) is 3.83. The summed E-state index contributed by atoms with van der Waals surface area (Å²) in [6.07, 6.45) is 0. The summed E-state index contributed by atoms with van der Waals surface area (Å²) in [4.78, 5) is 21.6. The molecule has 7 heteroatoms. The maximum atomic E-state index is 13.8. The van der Waals surface area contributed by atoms with E-state index in [9.17, 15) is 13.6 Å². The van der Waals surface area contributed by atoms with Crippen molar-refractivity contribution in [1.29, 1.82) is 0 Å². The molecule has 0 amide bonds. The van der Waals surface area contributed by atoms with Crippen LogP contribution >= 0.6 is 11.8 Å². The Hall–Kier alpha value is -3.32. The summed E-state index contributed by atoms with van der Waals surface area (Å²) in [6.45, 7) is 0. The average molecular weight is 422 g/mol. The average Bonchev–Trinajstić information content (AvgIpc) is 2.77. The van der Waals surface area contributed by atoms with E-state index in [2.05, 4.69) is 9.97 Å². The summed E-state index contributed by atoms with van der Waals surface area (Å²) in [6, 6.07) is 16.9. The van der Waals surface area contributed by atoms with Gasteiger partial charge in [0.15, 0.2) is 11.6 Å². The summed E-state index contributed by atoms with van der Waals surface area (Å²) >= 11 is 1.20. The molecule has 150 valence electrons. The first-order chi connectivity index (χ1) is 14.5. The van der Waals surface area contributed by atoms with Gasteiger partial charge in [0.1, 0.15) is 22.4 Å². The predicted octanol–water partition coefficient (Wildman–Crippen LogP) is 5.56. The molecule has 0 bridgehead atoms. The van der Waals surface area contributed by atoms with Gasteiger partial charge in [0, 0.05) is 16.5 Å². The molecule has 0 radical (unpaired) electrons. The number of hydrogen-bond acceptors (Lipinski definition) is 5.